The van der Waals surface area contributed by atoms with Crippen LogP contribution in [0, 0.1) is 19.7 Å². The van der Waals surface area contributed by atoms with Gasteiger partial charge >= 0.3 is 0 Å². The topological polar surface area (TPSA) is 29.5 Å². The van der Waals surface area contributed by atoms with Crippen LogP contribution in [0.5, 0.6) is 5.75 Å². The van der Waals surface area contributed by atoms with Crippen molar-refractivity contribution in [3.8, 4) is 5.75 Å². The summed E-state index contributed by atoms with van der Waals surface area (Å²) in [5.41, 5.74) is 2.73. The van der Waals surface area contributed by atoms with Crippen LogP contribution in [0.2, 0.25) is 0 Å². The van der Waals surface area contributed by atoms with E-state index in [1.807, 2.05) is 38.1 Å². The van der Waals surface area contributed by atoms with Crippen LogP contribution in [-0.2, 0) is 0 Å². The zero-order valence-electron chi connectivity index (χ0n) is 11.1. The number of aliphatic hydroxyl groups excluding tert-OH is 1. The van der Waals surface area contributed by atoms with Gasteiger partial charge in [-0.2, -0.15) is 0 Å². The van der Waals surface area contributed by atoms with Crippen LogP contribution in [-0.4, -0.2) is 11.7 Å². The van der Waals surface area contributed by atoms with Gasteiger partial charge in [-0.05, 0) is 31.0 Å². The monoisotopic (exact) mass is 260 g/mol. The van der Waals surface area contributed by atoms with Gasteiger partial charge in [0.15, 0.2) is 0 Å². The van der Waals surface area contributed by atoms with Crippen LogP contribution in [0.3, 0.4) is 0 Å². The van der Waals surface area contributed by atoms with Gasteiger partial charge in [-0.1, -0.05) is 35.9 Å². The molecule has 0 saturated heterocycles. The number of rotatable bonds is 4. The number of aryl methyl sites for hydroxylation is 2. The van der Waals surface area contributed by atoms with Gasteiger partial charge in [0, 0.05) is 6.07 Å². The second kappa shape index (κ2) is 5.85. The van der Waals surface area contributed by atoms with Crippen molar-refractivity contribution in [2.75, 3.05) is 6.61 Å². The van der Waals surface area contributed by atoms with Crippen LogP contribution in [0.1, 0.15) is 22.8 Å². The molecule has 0 aliphatic heterocycles. The van der Waals surface area contributed by atoms with Crippen molar-refractivity contribution >= 4 is 0 Å². The van der Waals surface area contributed by atoms with E-state index >= 15 is 0 Å². The molecule has 1 unspecified atom stereocenters. The number of aliphatic hydroxyl groups is 1. The molecule has 0 aliphatic carbocycles. The minimum Gasteiger partial charge on any atom is -0.490 e. The van der Waals surface area contributed by atoms with E-state index in [2.05, 4.69) is 0 Å². The third-order valence-corrected chi connectivity index (χ3v) is 2.97. The average Bonchev–Trinajstić information content (AvgIpc) is 2.39. The Bertz CT molecular complexity index is 566. The summed E-state index contributed by atoms with van der Waals surface area (Å²) in [5, 5.41) is 10.0. The van der Waals surface area contributed by atoms with Gasteiger partial charge in [0.05, 0.1) is 0 Å². The molecule has 0 spiro atoms. The van der Waals surface area contributed by atoms with E-state index < -0.39 is 6.10 Å². The molecule has 0 radical (unpaired) electrons. The standard InChI is InChI=1S/C16H17FO2/c1-11-4-3-5-13(8-11)15(18)10-19-16-9-14(17)7-6-12(16)2/h3-9,15,18H,10H2,1-2H3. The van der Waals surface area contributed by atoms with Gasteiger partial charge in [0.1, 0.15) is 24.3 Å². The van der Waals surface area contributed by atoms with E-state index in [4.69, 9.17) is 4.74 Å². The molecule has 0 heterocycles. The molecule has 100 valence electrons. The molecule has 0 saturated carbocycles. The number of ether oxygens (including phenoxy) is 1. The summed E-state index contributed by atoms with van der Waals surface area (Å²) in [6.07, 6.45) is -0.720. The lowest BCUT2D eigenvalue weighted by Gasteiger charge is -2.14. The highest BCUT2D eigenvalue weighted by Gasteiger charge is 2.10. The number of hydrogen-bond donors (Lipinski definition) is 1. The van der Waals surface area contributed by atoms with E-state index in [1.54, 1.807) is 6.07 Å². The molecular formula is C16H17FO2. The van der Waals surface area contributed by atoms with Gasteiger partial charge in [0.2, 0.25) is 0 Å². The zero-order valence-corrected chi connectivity index (χ0v) is 11.1. The lowest BCUT2D eigenvalue weighted by atomic mass is 10.1. The summed E-state index contributed by atoms with van der Waals surface area (Å²) >= 11 is 0. The Hall–Kier alpha value is -1.87. The average molecular weight is 260 g/mol. The fourth-order valence-electron chi connectivity index (χ4n) is 1.87. The molecule has 0 aromatic heterocycles. The van der Waals surface area contributed by atoms with Gasteiger partial charge in [-0.3, -0.25) is 0 Å². The predicted molar refractivity (Wildman–Crippen MR) is 72.8 cm³/mol. The van der Waals surface area contributed by atoms with E-state index in [9.17, 15) is 9.50 Å². The summed E-state index contributed by atoms with van der Waals surface area (Å²) in [6, 6.07) is 12.0. The Morgan fingerprint density at radius 3 is 2.68 bits per heavy atom. The van der Waals surface area contributed by atoms with Crippen molar-refractivity contribution in [2.24, 2.45) is 0 Å². The Balaban J connectivity index is 2.04. The summed E-state index contributed by atoms with van der Waals surface area (Å²) < 4.78 is 18.6. The molecule has 2 aromatic rings. The van der Waals surface area contributed by atoms with Crippen molar-refractivity contribution in [1.82, 2.24) is 0 Å². The summed E-state index contributed by atoms with van der Waals surface area (Å²) in [6.45, 7) is 3.91. The van der Waals surface area contributed by atoms with Gasteiger partial charge < -0.3 is 9.84 Å². The lowest BCUT2D eigenvalue weighted by Crippen LogP contribution is -2.10. The first-order valence-electron chi connectivity index (χ1n) is 6.20. The Labute approximate surface area is 112 Å². The van der Waals surface area contributed by atoms with E-state index in [0.717, 1.165) is 16.7 Å². The maximum absolute atomic E-state index is 13.1. The van der Waals surface area contributed by atoms with E-state index in [0.29, 0.717) is 5.75 Å². The second-order valence-electron chi connectivity index (χ2n) is 4.65. The van der Waals surface area contributed by atoms with Crippen LogP contribution in [0.25, 0.3) is 0 Å². The number of halogens is 1. The van der Waals surface area contributed by atoms with E-state index in [1.165, 1.54) is 12.1 Å². The smallest absolute Gasteiger partial charge is 0.126 e. The molecule has 1 N–H and O–H groups in total. The molecule has 3 heteroatoms. The lowest BCUT2D eigenvalue weighted by molar-refractivity contribution is 0.107. The molecule has 0 aliphatic rings. The fraction of sp³-hybridized carbons (Fsp3) is 0.250. The normalized spacial score (nSPS) is 12.2. The molecule has 2 rings (SSSR count). The highest BCUT2D eigenvalue weighted by molar-refractivity contribution is 5.33. The summed E-state index contributed by atoms with van der Waals surface area (Å²) in [5.74, 6) is 0.123. The first kappa shape index (κ1) is 13.6. The first-order chi connectivity index (χ1) is 9.06. The minimum absolute atomic E-state index is 0.105. The Morgan fingerprint density at radius 2 is 1.95 bits per heavy atom. The van der Waals surface area contributed by atoms with Gasteiger partial charge in [-0.15, -0.1) is 0 Å². The zero-order chi connectivity index (χ0) is 13.8. The maximum Gasteiger partial charge on any atom is 0.126 e. The van der Waals surface area contributed by atoms with Gasteiger partial charge in [0.25, 0.3) is 0 Å². The van der Waals surface area contributed by atoms with Crippen molar-refractivity contribution in [3.05, 3.63) is 65.0 Å². The van der Waals surface area contributed by atoms with Crippen molar-refractivity contribution in [1.29, 1.82) is 0 Å². The van der Waals surface area contributed by atoms with Crippen molar-refractivity contribution < 1.29 is 14.2 Å². The minimum atomic E-state index is -0.720. The number of hydrogen-bond acceptors (Lipinski definition) is 2. The molecule has 19 heavy (non-hydrogen) atoms. The van der Waals surface area contributed by atoms with Crippen LogP contribution < -0.4 is 4.74 Å². The molecule has 2 aromatic carbocycles. The number of benzene rings is 2. The quantitative estimate of drug-likeness (QED) is 0.910. The summed E-state index contributed by atoms with van der Waals surface area (Å²) in [7, 11) is 0. The second-order valence-corrected chi connectivity index (χ2v) is 4.65. The van der Waals surface area contributed by atoms with Gasteiger partial charge in [-0.25, -0.2) is 4.39 Å². The largest absolute Gasteiger partial charge is 0.490 e. The van der Waals surface area contributed by atoms with E-state index in [-0.39, 0.29) is 12.4 Å². The molecule has 0 amide bonds. The molecular weight excluding hydrogens is 243 g/mol. The molecule has 1 atom stereocenters. The SMILES string of the molecule is Cc1cccc(C(O)COc2cc(F)ccc2C)c1. The van der Waals surface area contributed by atoms with Crippen LogP contribution in [0.15, 0.2) is 42.5 Å². The predicted octanol–water partition coefficient (Wildman–Crippen LogP) is 3.55. The highest BCUT2D eigenvalue weighted by atomic mass is 19.1. The first-order valence-corrected chi connectivity index (χ1v) is 6.20. The van der Waals surface area contributed by atoms with Crippen LogP contribution >= 0.6 is 0 Å². The molecule has 0 bridgehead atoms. The molecule has 0 fully saturated rings. The van der Waals surface area contributed by atoms with Crippen molar-refractivity contribution in [2.45, 2.75) is 20.0 Å². The Kier molecular flexibility index (Phi) is 4.17. The summed E-state index contributed by atoms with van der Waals surface area (Å²) in [4.78, 5) is 0. The van der Waals surface area contributed by atoms with Crippen LogP contribution in [0.4, 0.5) is 4.39 Å². The van der Waals surface area contributed by atoms with Crippen molar-refractivity contribution in [3.63, 3.8) is 0 Å². The Morgan fingerprint density at radius 1 is 1.16 bits per heavy atom. The fourth-order valence-corrected chi connectivity index (χ4v) is 1.87. The third-order valence-electron chi connectivity index (χ3n) is 2.97. The third kappa shape index (κ3) is 3.55. The highest BCUT2D eigenvalue weighted by Crippen LogP contribution is 2.21. The maximum atomic E-state index is 13.1. The molecule has 2 nitrogen and oxygen atoms in total.